The van der Waals surface area contributed by atoms with Gasteiger partial charge in [0, 0.05) is 42.3 Å². The Kier molecular flexibility index (Phi) is 6.49. The minimum absolute atomic E-state index is 0.139. The molecule has 1 amide bonds. The standard InChI is InChI=1S/C21H25ClN2OS/c1-16(26-19-11-9-18(22)10-12-19)21(25)23(2)15-17-7-3-4-8-20(17)24-13-5-6-14-24/h3-4,7-12,16H,5-6,13-15H2,1-2H3. The quantitative estimate of drug-likeness (QED) is 0.644. The molecule has 0 N–H and O–H groups in total. The number of thioether (sulfide) groups is 1. The van der Waals surface area contributed by atoms with Crippen molar-refractivity contribution < 1.29 is 4.79 Å². The zero-order chi connectivity index (χ0) is 18.5. The maximum Gasteiger partial charge on any atom is 0.235 e. The Bertz CT molecular complexity index is 744. The second-order valence-electron chi connectivity index (χ2n) is 6.73. The normalized spacial score (nSPS) is 15.1. The third-order valence-electron chi connectivity index (χ3n) is 4.70. The van der Waals surface area contributed by atoms with Gasteiger partial charge in [0.05, 0.1) is 5.25 Å². The molecule has 0 radical (unpaired) electrons. The summed E-state index contributed by atoms with van der Waals surface area (Å²) in [4.78, 5) is 18.1. The fourth-order valence-electron chi connectivity index (χ4n) is 3.32. The Morgan fingerprint density at radius 2 is 1.81 bits per heavy atom. The van der Waals surface area contributed by atoms with E-state index in [2.05, 4.69) is 29.2 Å². The first-order valence-corrected chi connectivity index (χ1v) is 10.3. The molecule has 1 saturated heterocycles. The number of benzene rings is 2. The molecule has 2 aromatic carbocycles. The summed E-state index contributed by atoms with van der Waals surface area (Å²) in [6, 6.07) is 16.1. The first kappa shape index (κ1) is 19.1. The maximum absolute atomic E-state index is 12.8. The summed E-state index contributed by atoms with van der Waals surface area (Å²) in [7, 11) is 1.89. The Morgan fingerprint density at radius 1 is 1.15 bits per heavy atom. The second kappa shape index (κ2) is 8.83. The van der Waals surface area contributed by atoms with Crippen molar-refractivity contribution in [3.63, 3.8) is 0 Å². The molecule has 1 aliphatic heterocycles. The van der Waals surface area contributed by atoms with E-state index in [1.165, 1.54) is 24.1 Å². The van der Waals surface area contributed by atoms with Gasteiger partial charge in [0.25, 0.3) is 0 Å². The van der Waals surface area contributed by atoms with Gasteiger partial charge in [-0.1, -0.05) is 29.8 Å². The minimum Gasteiger partial charge on any atom is -0.371 e. The number of carbonyl (C=O) groups excluding carboxylic acids is 1. The topological polar surface area (TPSA) is 23.6 Å². The molecular weight excluding hydrogens is 364 g/mol. The van der Waals surface area contributed by atoms with E-state index in [0.717, 1.165) is 18.0 Å². The number of rotatable bonds is 6. The van der Waals surface area contributed by atoms with Gasteiger partial charge in [0.2, 0.25) is 5.91 Å². The van der Waals surface area contributed by atoms with Gasteiger partial charge >= 0.3 is 0 Å². The Labute approximate surface area is 165 Å². The fraction of sp³-hybridized carbons (Fsp3) is 0.381. The van der Waals surface area contributed by atoms with E-state index >= 15 is 0 Å². The molecule has 0 aliphatic carbocycles. The van der Waals surface area contributed by atoms with Crippen LogP contribution in [-0.4, -0.2) is 36.2 Å². The van der Waals surface area contributed by atoms with Crippen molar-refractivity contribution in [3.8, 4) is 0 Å². The number of hydrogen-bond donors (Lipinski definition) is 0. The number of para-hydroxylation sites is 1. The Hall–Kier alpha value is -1.65. The molecule has 1 unspecified atom stereocenters. The smallest absolute Gasteiger partial charge is 0.235 e. The van der Waals surface area contributed by atoms with E-state index < -0.39 is 0 Å². The highest BCUT2D eigenvalue weighted by molar-refractivity contribution is 8.00. The van der Waals surface area contributed by atoms with Gasteiger partial charge in [-0.2, -0.15) is 0 Å². The van der Waals surface area contributed by atoms with E-state index in [1.54, 1.807) is 11.8 Å². The van der Waals surface area contributed by atoms with Crippen LogP contribution in [0.25, 0.3) is 0 Å². The average Bonchev–Trinajstić information content (AvgIpc) is 3.18. The van der Waals surface area contributed by atoms with Crippen LogP contribution in [0, 0.1) is 0 Å². The van der Waals surface area contributed by atoms with Crippen LogP contribution in [0.3, 0.4) is 0 Å². The number of nitrogens with zero attached hydrogens (tertiary/aromatic N) is 2. The molecule has 26 heavy (non-hydrogen) atoms. The van der Waals surface area contributed by atoms with Gasteiger partial charge in [-0.05, 0) is 55.7 Å². The molecule has 1 aliphatic rings. The predicted octanol–water partition coefficient (Wildman–Crippen LogP) is 5.08. The number of hydrogen-bond acceptors (Lipinski definition) is 3. The minimum atomic E-state index is -0.139. The van der Waals surface area contributed by atoms with E-state index in [9.17, 15) is 4.79 Å². The summed E-state index contributed by atoms with van der Waals surface area (Å²) in [6.45, 7) is 4.82. The van der Waals surface area contributed by atoms with Gasteiger partial charge in [-0.25, -0.2) is 0 Å². The van der Waals surface area contributed by atoms with E-state index in [0.29, 0.717) is 11.6 Å². The summed E-state index contributed by atoms with van der Waals surface area (Å²) in [5.74, 6) is 0.140. The summed E-state index contributed by atoms with van der Waals surface area (Å²) in [6.07, 6.45) is 2.50. The highest BCUT2D eigenvalue weighted by Gasteiger charge is 2.21. The van der Waals surface area contributed by atoms with E-state index in [1.807, 2.05) is 43.1 Å². The number of carbonyl (C=O) groups is 1. The molecule has 0 saturated carbocycles. The molecule has 5 heteroatoms. The van der Waals surface area contributed by atoms with E-state index in [4.69, 9.17) is 11.6 Å². The van der Waals surface area contributed by atoms with Crippen LogP contribution in [0.5, 0.6) is 0 Å². The lowest BCUT2D eigenvalue weighted by Gasteiger charge is -2.26. The van der Waals surface area contributed by atoms with Crippen LogP contribution in [0.15, 0.2) is 53.4 Å². The van der Waals surface area contributed by atoms with Crippen molar-refractivity contribution >= 4 is 35.0 Å². The van der Waals surface area contributed by atoms with Crippen LogP contribution in [0.4, 0.5) is 5.69 Å². The molecule has 138 valence electrons. The maximum atomic E-state index is 12.8. The SMILES string of the molecule is CC(Sc1ccc(Cl)cc1)C(=O)N(C)Cc1ccccc1N1CCCC1. The van der Waals surface area contributed by atoms with Gasteiger partial charge in [0.1, 0.15) is 0 Å². The lowest BCUT2D eigenvalue weighted by Crippen LogP contribution is -2.33. The fourth-order valence-corrected chi connectivity index (χ4v) is 4.43. The summed E-state index contributed by atoms with van der Waals surface area (Å²) < 4.78 is 0. The number of halogens is 1. The molecule has 1 heterocycles. The monoisotopic (exact) mass is 388 g/mol. The molecule has 0 spiro atoms. The van der Waals surface area contributed by atoms with E-state index in [-0.39, 0.29) is 11.2 Å². The van der Waals surface area contributed by atoms with Gasteiger partial charge in [-0.15, -0.1) is 11.8 Å². The summed E-state index contributed by atoms with van der Waals surface area (Å²) in [5, 5.41) is 0.573. The van der Waals surface area contributed by atoms with Gasteiger partial charge < -0.3 is 9.80 Å². The predicted molar refractivity (Wildman–Crippen MR) is 111 cm³/mol. The lowest BCUT2D eigenvalue weighted by atomic mass is 10.1. The average molecular weight is 389 g/mol. The van der Waals surface area contributed by atoms with Gasteiger partial charge in [-0.3, -0.25) is 4.79 Å². The van der Waals surface area contributed by atoms with Crippen LogP contribution in [0.1, 0.15) is 25.3 Å². The third-order valence-corrected chi connectivity index (χ3v) is 6.05. The molecule has 1 atom stereocenters. The molecule has 3 nitrogen and oxygen atoms in total. The molecule has 1 fully saturated rings. The largest absolute Gasteiger partial charge is 0.371 e. The van der Waals surface area contributed by atoms with Crippen LogP contribution in [-0.2, 0) is 11.3 Å². The highest BCUT2D eigenvalue weighted by Crippen LogP contribution is 2.28. The molecule has 2 aromatic rings. The molecule has 0 bridgehead atoms. The number of amides is 1. The van der Waals surface area contributed by atoms with Crippen LogP contribution < -0.4 is 4.90 Å². The second-order valence-corrected chi connectivity index (χ2v) is 8.58. The van der Waals surface area contributed by atoms with Crippen molar-refractivity contribution in [1.82, 2.24) is 4.90 Å². The number of anilines is 1. The summed E-state index contributed by atoms with van der Waals surface area (Å²) in [5.41, 5.74) is 2.48. The van der Waals surface area contributed by atoms with Crippen molar-refractivity contribution in [3.05, 3.63) is 59.1 Å². The molecule has 3 rings (SSSR count). The van der Waals surface area contributed by atoms with Crippen molar-refractivity contribution in [2.45, 2.75) is 36.5 Å². The molecule has 0 aromatic heterocycles. The first-order chi connectivity index (χ1) is 12.5. The van der Waals surface area contributed by atoms with Crippen LogP contribution in [0.2, 0.25) is 5.02 Å². The first-order valence-electron chi connectivity index (χ1n) is 9.04. The van der Waals surface area contributed by atoms with Crippen molar-refractivity contribution in [2.24, 2.45) is 0 Å². The van der Waals surface area contributed by atoms with Gasteiger partial charge in [0.15, 0.2) is 0 Å². The van der Waals surface area contributed by atoms with Crippen molar-refractivity contribution in [2.75, 3.05) is 25.0 Å². The Balaban J connectivity index is 1.64. The third kappa shape index (κ3) is 4.74. The summed E-state index contributed by atoms with van der Waals surface area (Å²) >= 11 is 7.50. The van der Waals surface area contributed by atoms with Crippen LogP contribution >= 0.6 is 23.4 Å². The molecular formula is C21H25ClN2OS. The Morgan fingerprint density at radius 3 is 2.50 bits per heavy atom. The van der Waals surface area contributed by atoms with Crippen molar-refractivity contribution in [1.29, 1.82) is 0 Å². The lowest BCUT2D eigenvalue weighted by molar-refractivity contribution is -0.129. The zero-order valence-electron chi connectivity index (χ0n) is 15.3. The zero-order valence-corrected chi connectivity index (χ0v) is 16.9. The highest BCUT2D eigenvalue weighted by atomic mass is 35.5.